The third-order valence-electron chi connectivity index (χ3n) is 0.614. The number of carbonyl (C=O) groups excluding carboxylic acids is 2. The summed E-state index contributed by atoms with van der Waals surface area (Å²) in [6.07, 6.45) is 1.17. The van der Waals surface area contributed by atoms with E-state index < -0.39 is 5.97 Å². The maximum atomic E-state index is 10.5. The summed E-state index contributed by atoms with van der Waals surface area (Å²) in [5.74, 6) is -0.612. The molecule has 0 aromatic heterocycles. The molecule has 1 radical (unpaired) electrons. The predicted octanol–water partition coefficient (Wildman–Crippen LogP) is -0.0243. The Balaban J connectivity index is 3.60. The third kappa shape index (κ3) is 3.63. The highest BCUT2D eigenvalue weighted by Gasteiger charge is 2.02. The van der Waals surface area contributed by atoms with E-state index >= 15 is 0 Å². The molecule has 10 heavy (non-hydrogen) atoms. The first-order chi connectivity index (χ1) is 4.68. The Morgan fingerprint density at radius 3 is 2.80 bits per heavy atom. The van der Waals surface area contributed by atoms with Gasteiger partial charge in [-0.3, -0.25) is 0 Å². The summed E-state index contributed by atoms with van der Waals surface area (Å²) in [4.78, 5) is 22.8. The molecule has 0 unspecified atom stereocenters. The highest BCUT2D eigenvalue weighted by Crippen LogP contribution is 1.89. The van der Waals surface area contributed by atoms with Gasteiger partial charge in [-0.1, -0.05) is 6.58 Å². The Kier molecular flexibility index (Phi) is 3.92. The normalized spacial score (nSPS) is 7.30. The summed E-state index contributed by atoms with van der Waals surface area (Å²) >= 11 is 0. The van der Waals surface area contributed by atoms with Crippen molar-refractivity contribution in [3.8, 4) is 0 Å². The van der Waals surface area contributed by atoms with Crippen molar-refractivity contribution in [2.45, 2.75) is 6.92 Å². The quantitative estimate of drug-likeness (QED) is 0.238. The van der Waals surface area contributed by atoms with Crippen LogP contribution in [0.5, 0.6) is 0 Å². The molecule has 0 amide bonds. The molecule has 0 saturated heterocycles. The second-order valence-corrected chi connectivity index (χ2v) is 1.51. The number of hydrogen-bond acceptors (Lipinski definition) is 4. The van der Waals surface area contributed by atoms with E-state index in [4.69, 9.17) is 0 Å². The van der Waals surface area contributed by atoms with Crippen molar-refractivity contribution in [3.63, 3.8) is 0 Å². The molecule has 0 saturated carbocycles. The summed E-state index contributed by atoms with van der Waals surface area (Å²) < 4.78 is 4.25. The number of hydrogen-bond donors (Lipinski definition) is 0. The van der Waals surface area contributed by atoms with Crippen LogP contribution in [0.3, 0.4) is 0 Å². The summed E-state index contributed by atoms with van der Waals surface area (Å²) in [6.45, 7) is 4.79. The van der Waals surface area contributed by atoms with Gasteiger partial charge in [0.25, 0.3) is 0 Å². The van der Waals surface area contributed by atoms with Crippen LogP contribution in [0.2, 0.25) is 0 Å². The van der Waals surface area contributed by atoms with Gasteiger partial charge in [-0.25, -0.2) is 14.5 Å². The average Bonchev–Trinajstić information content (AvgIpc) is 1.88. The van der Waals surface area contributed by atoms with E-state index in [0.717, 1.165) is 0 Å². The Morgan fingerprint density at radius 1 is 1.80 bits per heavy atom. The molecule has 5 heteroatoms. The fourth-order valence-electron chi connectivity index (χ4n) is 0.196. The monoisotopic (exact) mass is 138 g/mol. The molecule has 4 nitrogen and oxygen atoms in total. The molecular formula is C5H5BNO3. The molecule has 0 aliphatic carbocycles. The van der Waals surface area contributed by atoms with E-state index in [1.54, 1.807) is 0 Å². The van der Waals surface area contributed by atoms with Crippen LogP contribution in [0.25, 0.3) is 0 Å². The Bertz CT molecular complexity index is 195. The first kappa shape index (κ1) is 8.65. The maximum absolute atomic E-state index is 10.5. The predicted molar refractivity (Wildman–Crippen MR) is 34.8 cm³/mol. The number of isocyanates is 1. The first-order valence-electron chi connectivity index (χ1n) is 2.43. The lowest BCUT2D eigenvalue weighted by molar-refractivity contribution is -0.130. The van der Waals surface area contributed by atoms with Gasteiger partial charge >= 0.3 is 13.6 Å². The summed E-state index contributed by atoms with van der Waals surface area (Å²) in [7, 11) is 0.712. The molecule has 0 aliphatic heterocycles. The van der Waals surface area contributed by atoms with Gasteiger partial charge in [0.05, 0.1) is 0 Å². The minimum Gasteiger partial charge on any atom is -0.511 e. The van der Waals surface area contributed by atoms with Crippen LogP contribution in [0.15, 0.2) is 17.1 Å². The van der Waals surface area contributed by atoms with Crippen LogP contribution >= 0.6 is 0 Å². The van der Waals surface area contributed by atoms with E-state index in [2.05, 4.69) is 16.1 Å². The molecule has 0 spiro atoms. The largest absolute Gasteiger partial charge is 0.555 e. The number of carbonyl (C=O) groups is 1. The third-order valence-corrected chi connectivity index (χ3v) is 0.614. The van der Waals surface area contributed by atoms with Gasteiger partial charge in [0.2, 0.25) is 6.08 Å². The van der Waals surface area contributed by atoms with Crippen molar-refractivity contribution in [1.29, 1.82) is 0 Å². The maximum Gasteiger partial charge on any atom is 0.555 e. The van der Waals surface area contributed by atoms with Gasteiger partial charge < -0.3 is 4.65 Å². The Morgan fingerprint density at radius 2 is 2.40 bits per heavy atom. The Labute approximate surface area is 58.9 Å². The van der Waals surface area contributed by atoms with Crippen molar-refractivity contribution in [1.82, 2.24) is 0 Å². The highest BCUT2D eigenvalue weighted by molar-refractivity contribution is 6.30. The zero-order valence-corrected chi connectivity index (χ0v) is 5.46. The van der Waals surface area contributed by atoms with Gasteiger partial charge in [0.1, 0.15) is 0 Å². The molecule has 0 fully saturated rings. The van der Waals surface area contributed by atoms with Crippen LogP contribution in [0.1, 0.15) is 6.92 Å². The van der Waals surface area contributed by atoms with Crippen LogP contribution in [-0.4, -0.2) is 19.7 Å². The summed E-state index contributed by atoms with van der Waals surface area (Å²) in [5, 5.41) is 0. The summed E-state index contributed by atoms with van der Waals surface area (Å²) in [5.41, 5.74) is 0.248. The minimum atomic E-state index is -0.612. The zero-order chi connectivity index (χ0) is 7.98. The van der Waals surface area contributed by atoms with Crippen molar-refractivity contribution < 1.29 is 14.2 Å². The van der Waals surface area contributed by atoms with Crippen LogP contribution in [-0.2, 0) is 14.2 Å². The van der Waals surface area contributed by atoms with Gasteiger partial charge in [-0.15, -0.1) is 0 Å². The van der Waals surface area contributed by atoms with Crippen molar-refractivity contribution in [2.75, 3.05) is 0 Å². The van der Waals surface area contributed by atoms with Crippen LogP contribution in [0, 0.1) is 0 Å². The van der Waals surface area contributed by atoms with E-state index in [1.807, 2.05) is 0 Å². The smallest absolute Gasteiger partial charge is 0.511 e. The molecule has 0 bridgehead atoms. The molecule has 51 valence electrons. The molecule has 0 aromatic carbocycles. The molecule has 0 N–H and O–H groups in total. The number of rotatable bonds is 3. The minimum absolute atomic E-state index is 0.248. The second kappa shape index (κ2) is 4.53. The molecule has 0 atom stereocenters. The first-order valence-corrected chi connectivity index (χ1v) is 2.43. The molecular weight excluding hydrogens is 133 g/mol. The fraction of sp³-hybridized carbons (Fsp3) is 0.200. The van der Waals surface area contributed by atoms with Crippen molar-refractivity contribution in [2.24, 2.45) is 4.90 Å². The van der Waals surface area contributed by atoms with E-state index in [0.29, 0.717) is 7.62 Å². The highest BCUT2D eigenvalue weighted by atomic mass is 16.5. The lowest BCUT2D eigenvalue weighted by Crippen LogP contribution is -2.06. The van der Waals surface area contributed by atoms with Crippen LogP contribution < -0.4 is 0 Å². The molecule has 0 heterocycles. The van der Waals surface area contributed by atoms with Crippen LogP contribution in [0.4, 0.5) is 0 Å². The topological polar surface area (TPSA) is 55.7 Å². The van der Waals surface area contributed by atoms with Gasteiger partial charge in [-0.05, 0) is 6.92 Å². The second-order valence-electron chi connectivity index (χ2n) is 1.51. The van der Waals surface area contributed by atoms with Crippen molar-refractivity contribution in [3.05, 3.63) is 12.2 Å². The summed E-state index contributed by atoms with van der Waals surface area (Å²) in [6, 6.07) is 0. The fourth-order valence-corrected chi connectivity index (χ4v) is 0.196. The van der Waals surface area contributed by atoms with E-state index in [9.17, 15) is 9.59 Å². The van der Waals surface area contributed by atoms with E-state index in [-0.39, 0.29) is 5.57 Å². The zero-order valence-electron chi connectivity index (χ0n) is 5.46. The van der Waals surface area contributed by atoms with Gasteiger partial charge in [-0.2, -0.15) is 0 Å². The van der Waals surface area contributed by atoms with Gasteiger partial charge in [0.15, 0.2) is 0 Å². The lowest BCUT2D eigenvalue weighted by Gasteiger charge is -1.95. The standard InChI is InChI=1S/C5H5BNO3/c1-4(2)5(9)10-6-7-3-8/h1H2,2H3. The van der Waals surface area contributed by atoms with E-state index in [1.165, 1.54) is 13.0 Å². The van der Waals surface area contributed by atoms with Crippen molar-refractivity contribution >= 4 is 19.7 Å². The van der Waals surface area contributed by atoms with Gasteiger partial charge in [0, 0.05) is 5.57 Å². The molecule has 0 rings (SSSR count). The SMILES string of the molecule is C=C(C)C(=O)O[B]N=C=O. The number of nitrogens with zero attached hydrogens (tertiary/aromatic N) is 1. The molecule has 0 aliphatic rings. The lowest BCUT2D eigenvalue weighted by atomic mass is 10.3. The molecule has 0 aromatic rings. The average molecular weight is 138 g/mol. The Hall–Kier alpha value is -1.35.